The Bertz CT molecular complexity index is 366. The molecule has 1 aromatic rings. The first-order chi connectivity index (χ1) is 8.80. The maximum Gasteiger partial charge on any atom is 0.160 e. The Morgan fingerprint density at radius 3 is 2.56 bits per heavy atom. The van der Waals surface area contributed by atoms with Crippen LogP contribution in [0.25, 0.3) is 0 Å². The molecular weight excluding hydrogens is 248 g/mol. The van der Waals surface area contributed by atoms with Gasteiger partial charge in [-0.05, 0) is 36.9 Å². The van der Waals surface area contributed by atoms with Crippen LogP contribution in [0.4, 0.5) is 5.69 Å². The van der Waals surface area contributed by atoms with Crippen molar-refractivity contribution in [2.75, 3.05) is 38.9 Å². The molecule has 0 bridgehead atoms. The van der Waals surface area contributed by atoms with Crippen molar-refractivity contribution in [2.45, 2.75) is 6.42 Å². The fourth-order valence-electron chi connectivity index (χ4n) is 1.34. The molecule has 0 unspecified atom stereocenters. The Balaban J connectivity index is 2.50. The van der Waals surface area contributed by atoms with E-state index in [2.05, 4.69) is 10.3 Å². The van der Waals surface area contributed by atoms with Crippen LogP contribution < -0.4 is 10.1 Å². The molecule has 0 radical (unpaired) electrons. The van der Waals surface area contributed by atoms with Crippen molar-refractivity contribution in [2.24, 2.45) is 4.99 Å². The van der Waals surface area contributed by atoms with Gasteiger partial charge in [-0.15, -0.1) is 0 Å². The van der Waals surface area contributed by atoms with E-state index in [1.165, 1.54) is 0 Å². The number of rotatable bonds is 6. The molecule has 4 nitrogen and oxygen atoms in total. The smallest absolute Gasteiger partial charge is 0.160 e. The number of amidine groups is 1. The average Bonchev–Trinajstić information content (AvgIpc) is 2.43. The first-order valence-electron chi connectivity index (χ1n) is 5.78. The quantitative estimate of drug-likeness (QED) is 0.489. The number of ether oxygens (including phenoxy) is 2. The van der Waals surface area contributed by atoms with E-state index in [9.17, 15) is 0 Å². The second kappa shape index (κ2) is 8.83. The van der Waals surface area contributed by atoms with Crippen molar-refractivity contribution in [1.29, 1.82) is 0 Å². The van der Waals surface area contributed by atoms with Gasteiger partial charge in [0.1, 0.15) is 5.75 Å². The largest absolute Gasteiger partial charge is 0.497 e. The van der Waals surface area contributed by atoms with Crippen molar-refractivity contribution < 1.29 is 9.47 Å². The maximum absolute atomic E-state index is 5.12. The first kappa shape index (κ1) is 14.9. The highest BCUT2D eigenvalue weighted by Gasteiger charge is 1.98. The SMILES string of the molecule is COCCCN=C(Nc1ccc(OC)cc1)SC. The van der Waals surface area contributed by atoms with Crippen LogP contribution >= 0.6 is 11.8 Å². The Kier molecular flexibility index (Phi) is 7.29. The van der Waals surface area contributed by atoms with Crippen molar-refractivity contribution >= 4 is 22.6 Å². The molecule has 0 heterocycles. The van der Waals surface area contributed by atoms with Crippen molar-refractivity contribution in [1.82, 2.24) is 0 Å². The maximum atomic E-state index is 5.12. The number of aliphatic imine (C=N–C) groups is 1. The van der Waals surface area contributed by atoms with Crippen LogP contribution in [0.2, 0.25) is 0 Å². The summed E-state index contributed by atoms with van der Waals surface area (Å²) in [5.41, 5.74) is 1.01. The summed E-state index contributed by atoms with van der Waals surface area (Å²) < 4.78 is 10.1. The van der Waals surface area contributed by atoms with Gasteiger partial charge in [0, 0.05) is 25.9 Å². The van der Waals surface area contributed by atoms with Gasteiger partial charge in [0.2, 0.25) is 0 Å². The molecule has 0 aliphatic carbocycles. The molecule has 18 heavy (non-hydrogen) atoms. The number of anilines is 1. The van der Waals surface area contributed by atoms with Crippen molar-refractivity contribution in [3.63, 3.8) is 0 Å². The highest BCUT2D eigenvalue weighted by molar-refractivity contribution is 8.13. The van der Waals surface area contributed by atoms with E-state index < -0.39 is 0 Å². The highest BCUT2D eigenvalue weighted by atomic mass is 32.2. The molecule has 0 saturated carbocycles. The third kappa shape index (κ3) is 5.42. The number of thioether (sulfide) groups is 1. The van der Waals surface area contributed by atoms with Crippen LogP contribution in [0.5, 0.6) is 5.75 Å². The zero-order chi connectivity index (χ0) is 13.2. The molecule has 1 rings (SSSR count). The predicted octanol–water partition coefficient (Wildman–Crippen LogP) is 2.86. The van der Waals surface area contributed by atoms with Crippen molar-refractivity contribution in [3.05, 3.63) is 24.3 Å². The van der Waals surface area contributed by atoms with Gasteiger partial charge >= 0.3 is 0 Å². The van der Waals surface area contributed by atoms with Crippen LogP contribution in [0.1, 0.15) is 6.42 Å². The van der Waals surface area contributed by atoms with Crippen molar-refractivity contribution in [3.8, 4) is 5.75 Å². The van der Waals surface area contributed by atoms with Gasteiger partial charge in [0.25, 0.3) is 0 Å². The second-order valence-corrected chi connectivity index (χ2v) is 4.39. The van der Waals surface area contributed by atoms with Gasteiger partial charge in [-0.25, -0.2) is 0 Å². The number of methoxy groups -OCH3 is 2. The fourth-order valence-corrected chi connectivity index (χ4v) is 1.78. The summed E-state index contributed by atoms with van der Waals surface area (Å²) >= 11 is 1.60. The van der Waals surface area contributed by atoms with Crippen LogP contribution in [-0.4, -0.2) is 38.8 Å². The van der Waals surface area contributed by atoms with Gasteiger partial charge in [-0.1, -0.05) is 11.8 Å². The highest BCUT2D eigenvalue weighted by Crippen LogP contribution is 2.16. The molecule has 0 amide bonds. The monoisotopic (exact) mass is 268 g/mol. The zero-order valence-corrected chi connectivity index (χ0v) is 11.9. The molecule has 0 aliphatic rings. The summed E-state index contributed by atoms with van der Waals surface area (Å²) in [6.07, 6.45) is 2.94. The lowest BCUT2D eigenvalue weighted by molar-refractivity contribution is 0.197. The lowest BCUT2D eigenvalue weighted by atomic mass is 10.3. The molecule has 0 aromatic heterocycles. The van der Waals surface area contributed by atoms with E-state index in [1.54, 1.807) is 26.0 Å². The third-order valence-electron chi connectivity index (χ3n) is 2.30. The summed E-state index contributed by atoms with van der Waals surface area (Å²) in [6, 6.07) is 7.79. The minimum Gasteiger partial charge on any atom is -0.497 e. The number of nitrogens with one attached hydrogen (secondary N) is 1. The van der Waals surface area contributed by atoms with Gasteiger partial charge in [-0.3, -0.25) is 4.99 Å². The van der Waals surface area contributed by atoms with E-state index in [0.29, 0.717) is 0 Å². The molecule has 100 valence electrons. The van der Waals surface area contributed by atoms with E-state index in [-0.39, 0.29) is 0 Å². The molecule has 5 heteroatoms. The average molecular weight is 268 g/mol. The molecular formula is C13H20N2O2S. The lowest BCUT2D eigenvalue weighted by Crippen LogP contribution is -2.08. The molecule has 0 spiro atoms. The predicted molar refractivity (Wildman–Crippen MR) is 78.9 cm³/mol. The van der Waals surface area contributed by atoms with Crippen LogP contribution in [-0.2, 0) is 4.74 Å². The first-order valence-corrected chi connectivity index (χ1v) is 7.01. The number of hydrogen-bond donors (Lipinski definition) is 1. The summed E-state index contributed by atoms with van der Waals surface area (Å²) in [5.74, 6) is 0.850. The van der Waals surface area contributed by atoms with E-state index in [0.717, 1.165) is 36.2 Å². The molecule has 0 atom stereocenters. The Morgan fingerprint density at radius 1 is 1.28 bits per heavy atom. The molecule has 1 aromatic carbocycles. The van der Waals surface area contributed by atoms with E-state index in [1.807, 2.05) is 30.5 Å². The van der Waals surface area contributed by atoms with Gasteiger partial charge in [-0.2, -0.15) is 0 Å². The molecule has 0 fully saturated rings. The molecule has 0 saturated heterocycles. The fraction of sp³-hybridized carbons (Fsp3) is 0.462. The zero-order valence-electron chi connectivity index (χ0n) is 11.1. The van der Waals surface area contributed by atoms with E-state index in [4.69, 9.17) is 9.47 Å². The van der Waals surface area contributed by atoms with Gasteiger partial charge < -0.3 is 14.8 Å². The lowest BCUT2D eigenvalue weighted by Gasteiger charge is -2.08. The summed E-state index contributed by atoms with van der Waals surface area (Å²) in [6.45, 7) is 1.51. The molecule has 0 aliphatic heterocycles. The topological polar surface area (TPSA) is 42.8 Å². The Hall–Kier alpha value is -1.20. The minimum absolute atomic E-state index is 0.744. The second-order valence-electron chi connectivity index (χ2n) is 3.59. The summed E-state index contributed by atoms with van der Waals surface area (Å²) in [7, 11) is 3.36. The number of nitrogens with zero attached hydrogens (tertiary/aromatic N) is 1. The van der Waals surface area contributed by atoms with Crippen LogP contribution in [0.3, 0.4) is 0 Å². The standard InChI is InChI=1S/C13H20N2O2S/c1-16-10-4-9-14-13(18-3)15-11-5-7-12(17-2)8-6-11/h5-8H,4,9-10H2,1-3H3,(H,14,15). The minimum atomic E-state index is 0.744. The van der Waals surface area contributed by atoms with Crippen LogP contribution in [0, 0.1) is 0 Å². The summed E-state index contributed by atoms with van der Waals surface area (Å²) in [4.78, 5) is 4.47. The normalized spacial score (nSPS) is 11.4. The summed E-state index contributed by atoms with van der Waals surface area (Å²) in [5, 5.41) is 4.19. The molecule has 1 N–H and O–H groups in total. The Morgan fingerprint density at radius 2 is 2.00 bits per heavy atom. The Labute approximate surface area is 113 Å². The van der Waals surface area contributed by atoms with Gasteiger partial charge in [0.15, 0.2) is 5.17 Å². The number of benzene rings is 1. The van der Waals surface area contributed by atoms with E-state index >= 15 is 0 Å². The third-order valence-corrected chi connectivity index (χ3v) is 2.91. The van der Waals surface area contributed by atoms with Crippen LogP contribution in [0.15, 0.2) is 29.3 Å². The van der Waals surface area contributed by atoms with Gasteiger partial charge in [0.05, 0.1) is 7.11 Å². The number of hydrogen-bond acceptors (Lipinski definition) is 4.